The van der Waals surface area contributed by atoms with Gasteiger partial charge < -0.3 is 15.6 Å². The lowest BCUT2D eigenvalue weighted by Crippen LogP contribution is -2.24. The minimum absolute atomic E-state index is 0.134. The predicted molar refractivity (Wildman–Crippen MR) is 48.1 cm³/mol. The van der Waals surface area contributed by atoms with Gasteiger partial charge in [-0.15, -0.1) is 0 Å². The Hall–Kier alpha value is -1.69. The molecule has 3 N–H and O–H groups in total. The second-order valence-electron chi connectivity index (χ2n) is 2.84. The van der Waals surface area contributed by atoms with Crippen LogP contribution in [0.3, 0.4) is 0 Å². The van der Waals surface area contributed by atoms with Crippen LogP contribution >= 0.6 is 0 Å². The average Bonchev–Trinajstić information content (AvgIpc) is 2.15. The van der Waals surface area contributed by atoms with E-state index < -0.39 is 5.97 Å². The van der Waals surface area contributed by atoms with Crippen LogP contribution in [0.5, 0.6) is 5.88 Å². The number of nitrogens with zero attached hydrogens (tertiary/aromatic N) is 2. The van der Waals surface area contributed by atoms with Crippen LogP contribution in [0.15, 0.2) is 12.4 Å². The van der Waals surface area contributed by atoms with Crippen LogP contribution in [-0.4, -0.2) is 33.7 Å². The standard InChI is InChI=1S/C8H11N3O3/c1-5(9)4-14-7-3-10-2-6(11-7)8(12)13/h2-3,5H,4,9H2,1H3,(H,12,13). The van der Waals surface area contributed by atoms with Gasteiger partial charge in [0, 0.05) is 6.04 Å². The Morgan fingerprint density at radius 2 is 2.43 bits per heavy atom. The lowest BCUT2D eigenvalue weighted by molar-refractivity contribution is 0.0688. The minimum atomic E-state index is -1.14. The highest BCUT2D eigenvalue weighted by Crippen LogP contribution is 2.04. The van der Waals surface area contributed by atoms with Gasteiger partial charge in [-0.1, -0.05) is 0 Å². The monoisotopic (exact) mass is 197 g/mol. The van der Waals surface area contributed by atoms with Crippen LogP contribution < -0.4 is 10.5 Å². The number of carbonyl (C=O) groups is 1. The van der Waals surface area contributed by atoms with Crippen LogP contribution in [-0.2, 0) is 0 Å². The van der Waals surface area contributed by atoms with E-state index in [1.165, 1.54) is 6.20 Å². The maximum atomic E-state index is 10.5. The molecule has 0 aliphatic carbocycles. The summed E-state index contributed by atoms with van der Waals surface area (Å²) in [6, 6.07) is -0.134. The Bertz CT molecular complexity index is 327. The molecule has 0 aromatic carbocycles. The van der Waals surface area contributed by atoms with Gasteiger partial charge in [0.2, 0.25) is 5.88 Å². The van der Waals surface area contributed by atoms with Crippen LogP contribution in [0.1, 0.15) is 17.4 Å². The Balaban J connectivity index is 2.69. The molecule has 0 radical (unpaired) electrons. The number of aromatic carboxylic acids is 1. The van der Waals surface area contributed by atoms with E-state index in [1.807, 2.05) is 0 Å². The summed E-state index contributed by atoms with van der Waals surface area (Å²) in [5.41, 5.74) is 5.30. The second kappa shape index (κ2) is 4.52. The smallest absolute Gasteiger partial charge is 0.356 e. The first-order valence-electron chi connectivity index (χ1n) is 4.03. The van der Waals surface area contributed by atoms with Crippen molar-refractivity contribution in [3.05, 3.63) is 18.1 Å². The second-order valence-corrected chi connectivity index (χ2v) is 2.84. The summed E-state index contributed by atoms with van der Waals surface area (Å²) in [5, 5.41) is 8.60. The molecule has 0 aliphatic heterocycles. The minimum Gasteiger partial charge on any atom is -0.476 e. The highest BCUT2D eigenvalue weighted by molar-refractivity contribution is 5.84. The Labute approximate surface area is 80.7 Å². The van der Waals surface area contributed by atoms with Gasteiger partial charge in [0.25, 0.3) is 0 Å². The molecule has 0 aliphatic rings. The van der Waals surface area contributed by atoms with Gasteiger partial charge in [-0.3, -0.25) is 4.98 Å². The largest absolute Gasteiger partial charge is 0.476 e. The third-order valence-electron chi connectivity index (χ3n) is 1.33. The SMILES string of the molecule is CC(N)COc1cncc(C(=O)O)n1. The summed E-state index contributed by atoms with van der Waals surface area (Å²) < 4.78 is 5.10. The van der Waals surface area contributed by atoms with E-state index in [0.29, 0.717) is 0 Å². The van der Waals surface area contributed by atoms with Crippen molar-refractivity contribution < 1.29 is 14.6 Å². The zero-order valence-electron chi connectivity index (χ0n) is 7.67. The van der Waals surface area contributed by atoms with Crippen LogP contribution in [0.25, 0.3) is 0 Å². The van der Waals surface area contributed by atoms with Gasteiger partial charge in [-0.25, -0.2) is 9.78 Å². The summed E-state index contributed by atoms with van der Waals surface area (Å²) in [6.07, 6.45) is 2.50. The molecule has 1 atom stereocenters. The van der Waals surface area contributed by atoms with Crippen molar-refractivity contribution in [3.63, 3.8) is 0 Å². The van der Waals surface area contributed by atoms with Crippen molar-refractivity contribution >= 4 is 5.97 Å². The van der Waals surface area contributed by atoms with Crippen LogP contribution in [0.4, 0.5) is 0 Å². The predicted octanol–water partition coefficient (Wildman–Crippen LogP) is -0.0992. The van der Waals surface area contributed by atoms with Crippen LogP contribution in [0, 0.1) is 0 Å². The zero-order valence-corrected chi connectivity index (χ0v) is 7.67. The lowest BCUT2D eigenvalue weighted by Gasteiger charge is -2.07. The molecule has 6 nitrogen and oxygen atoms in total. The topological polar surface area (TPSA) is 98.3 Å². The van der Waals surface area contributed by atoms with Crippen molar-refractivity contribution in [2.45, 2.75) is 13.0 Å². The molecule has 0 saturated carbocycles. The highest BCUT2D eigenvalue weighted by atomic mass is 16.5. The third-order valence-corrected chi connectivity index (χ3v) is 1.33. The first-order chi connectivity index (χ1) is 6.59. The van der Waals surface area contributed by atoms with Crippen molar-refractivity contribution in [3.8, 4) is 5.88 Å². The van der Waals surface area contributed by atoms with Crippen molar-refractivity contribution in [1.82, 2.24) is 9.97 Å². The van der Waals surface area contributed by atoms with E-state index in [2.05, 4.69) is 9.97 Å². The van der Waals surface area contributed by atoms with Crippen LogP contribution in [0.2, 0.25) is 0 Å². The number of ether oxygens (including phenoxy) is 1. The fourth-order valence-electron chi connectivity index (χ4n) is 0.737. The maximum Gasteiger partial charge on any atom is 0.356 e. The molecule has 1 unspecified atom stereocenters. The molecule has 6 heteroatoms. The molecule has 0 amide bonds. The number of hydrogen-bond acceptors (Lipinski definition) is 5. The van der Waals surface area contributed by atoms with Gasteiger partial charge in [-0.05, 0) is 6.92 Å². The van der Waals surface area contributed by atoms with Gasteiger partial charge in [0.15, 0.2) is 5.69 Å². The van der Waals surface area contributed by atoms with Gasteiger partial charge >= 0.3 is 5.97 Å². The van der Waals surface area contributed by atoms with E-state index in [0.717, 1.165) is 6.20 Å². The van der Waals surface area contributed by atoms with E-state index >= 15 is 0 Å². The number of aromatic nitrogens is 2. The zero-order chi connectivity index (χ0) is 10.6. The van der Waals surface area contributed by atoms with Gasteiger partial charge in [0.1, 0.15) is 6.61 Å². The fraction of sp³-hybridized carbons (Fsp3) is 0.375. The normalized spacial score (nSPS) is 12.1. The molecule has 14 heavy (non-hydrogen) atoms. The molecule has 0 saturated heterocycles. The van der Waals surface area contributed by atoms with Crippen molar-refractivity contribution in [1.29, 1.82) is 0 Å². The maximum absolute atomic E-state index is 10.5. The summed E-state index contributed by atoms with van der Waals surface area (Å²) in [4.78, 5) is 17.9. The molecule has 1 heterocycles. The Morgan fingerprint density at radius 3 is 3.00 bits per heavy atom. The molecule has 1 aromatic rings. The summed E-state index contributed by atoms with van der Waals surface area (Å²) in [6.45, 7) is 2.05. The fourth-order valence-corrected chi connectivity index (χ4v) is 0.737. The van der Waals surface area contributed by atoms with Gasteiger partial charge in [-0.2, -0.15) is 0 Å². The van der Waals surface area contributed by atoms with Crippen molar-refractivity contribution in [2.24, 2.45) is 5.73 Å². The van der Waals surface area contributed by atoms with E-state index in [1.54, 1.807) is 6.92 Å². The molecular weight excluding hydrogens is 186 g/mol. The summed E-state index contributed by atoms with van der Waals surface area (Å²) in [5.74, 6) is -0.967. The molecule has 0 bridgehead atoms. The number of hydrogen-bond donors (Lipinski definition) is 2. The highest BCUT2D eigenvalue weighted by Gasteiger charge is 2.06. The average molecular weight is 197 g/mol. The first kappa shape index (κ1) is 10.4. The van der Waals surface area contributed by atoms with E-state index in [9.17, 15) is 4.79 Å². The quantitative estimate of drug-likeness (QED) is 0.699. The molecule has 76 valence electrons. The molecule has 0 fully saturated rings. The van der Waals surface area contributed by atoms with E-state index in [-0.39, 0.29) is 24.2 Å². The number of nitrogens with two attached hydrogens (primary N) is 1. The number of rotatable bonds is 4. The first-order valence-corrected chi connectivity index (χ1v) is 4.03. The number of carboxylic acids is 1. The Kier molecular flexibility index (Phi) is 3.35. The van der Waals surface area contributed by atoms with E-state index in [4.69, 9.17) is 15.6 Å². The lowest BCUT2D eigenvalue weighted by atomic mass is 10.4. The molecular formula is C8H11N3O3. The molecule has 0 spiro atoms. The van der Waals surface area contributed by atoms with Gasteiger partial charge in [0.05, 0.1) is 12.4 Å². The summed E-state index contributed by atoms with van der Waals surface area (Å²) >= 11 is 0. The molecule has 1 aromatic heterocycles. The molecule has 1 rings (SSSR count). The number of carboxylic acid groups (broad SMARTS) is 1. The van der Waals surface area contributed by atoms with Crippen molar-refractivity contribution in [2.75, 3.05) is 6.61 Å². The third kappa shape index (κ3) is 2.98. The summed E-state index contributed by atoms with van der Waals surface area (Å²) in [7, 11) is 0. The Morgan fingerprint density at radius 1 is 1.71 bits per heavy atom.